The molecule has 2 saturated carbocycles. The highest BCUT2D eigenvalue weighted by molar-refractivity contribution is 7.17. The summed E-state index contributed by atoms with van der Waals surface area (Å²) in [6.07, 6.45) is 5.16. The fourth-order valence-corrected chi connectivity index (χ4v) is 7.35. The number of aliphatic carboxylic acids is 1. The summed E-state index contributed by atoms with van der Waals surface area (Å²) in [6.45, 7) is 8.74. The molecule has 3 aliphatic rings. The molecule has 0 radical (unpaired) electrons. The summed E-state index contributed by atoms with van der Waals surface area (Å²) in [5.74, 6) is -2.53. The molecular formula is C24H32NO5S-. The molecule has 0 aliphatic heterocycles. The minimum atomic E-state index is -1.13. The Morgan fingerprint density at radius 1 is 1.13 bits per heavy atom. The first kappa shape index (κ1) is 22.3. The van der Waals surface area contributed by atoms with E-state index in [9.17, 15) is 19.5 Å². The first-order valence-electron chi connectivity index (χ1n) is 11.4. The number of anilines is 1. The van der Waals surface area contributed by atoms with E-state index in [4.69, 9.17) is 4.74 Å². The summed E-state index contributed by atoms with van der Waals surface area (Å²) in [4.78, 5) is 38.9. The number of esters is 1. The van der Waals surface area contributed by atoms with Crippen molar-refractivity contribution in [2.75, 3.05) is 11.9 Å². The maximum absolute atomic E-state index is 13.2. The standard InChI is InChI=1S/C24H33NO5S/c1-5-30-23(29)19-15-9-8-14(24(2,3)4)11-16(15)31-21(19)25-20(26)17-12-6-7-13(10-12)18(17)22(27)28/h12-14,17-18H,5-11H2,1-4H3,(H,25,26)(H,27,28)/p-1/t12-,13-,14-,17+,18+/m1/s1. The monoisotopic (exact) mass is 446 g/mol. The Labute approximate surface area is 187 Å². The van der Waals surface area contributed by atoms with Crippen LogP contribution in [-0.4, -0.2) is 24.5 Å². The van der Waals surface area contributed by atoms with Gasteiger partial charge >= 0.3 is 5.97 Å². The quantitative estimate of drug-likeness (QED) is 0.699. The predicted molar refractivity (Wildman–Crippen MR) is 117 cm³/mol. The van der Waals surface area contributed by atoms with Crippen LogP contribution in [0, 0.1) is 35.0 Å². The van der Waals surface area contributed by atoms with Gasteiger partial charge in [-0.15, -0.1) is 11.3 Å². The van der Waals surface area contributed by atoms with Gasteiger partial charge in [-0.2, -0.15) is 0 Å². The normalized spacial score (nSPS) is 29.5. The lowest BCUT2D eigenvalue weighted by atomic mass is 9.72. The van der Waals surface area contributed by atoms with Gasteiger partial charge < -0.3 is 20.0 Å². The first-order chi connectivity index (χ1) is 14.6. The molecule has 0 saturated heterocycles. The number of carbonyl (C=O) groups is 3. The van der Waals surface area contributed by atoms with Gasteiger partial charge in [0.25, 0.3) is 0 Å². The van der Waals surface area contributed by atoms with Crippen molar-refractivity contribution in [3.63, 3.8) is 0 Å². The van der Waals surface area contributed by atoms with Gasteiger partial charge in [0.15, 0.2) is 0 Å². The molecule has 1 amide bonds. The van der Waals surface area contributed by atoms with Gasteiger partial charge in [0.05, 0.1) is 12.2 Å². The van der Waals surface area contributed by atoms with Crippen LogP contribution in [0.4, 0.5) is 5.00 Å². The molecular weight excluding hydrogens is 414 g/mol. The van der Waals surface area contributed by atoms with E-state index in [0.717, 1.165) is 49.0 Å². The fourth-order valence-electron chi connectivity index (χ4n) is 6.04. The Hall–Kier alpha value is -1.89. The average molecular weight is 447 g/mol. The molecule has 31 heavy (non-hydrogen) atoms. The summed E-state index contributed by atoms with van der Waals surface area (Å²) in [6, 6.07) is 0. The van der Waals surface area contributed by atoms with Crippen LogP contribution in [-0.2, 0) is 27.2 Å². The van der Waals surface area contributed by atoms with Crippen molar-refractivity contribution in [1.29, 1.82) is 0 Å². The van der Waals surface area contributed by atoms with Crippen molar-refractivity contribution in [3.8, 4) is 0 Å². The average Bonchev–Trinajstić information content (AvgIpc) is 3.38. The number of carboxylic acids is 1. The van der Waals surface area contributed by atoms with E-state index in [1.54, 1.807) is 6.92 Å². The molecule has 0 unspecified atom stereocenters. The van der Waals surface area contributed by atoms with Gasteiger partial charge in [0.2, 0.25) is 5.91 Å². The number of fused-ring (bicyclic) bond motifs is 3. The summed E-state index contributed by atoms with van der Waals surface area (Å²) < 4.78 is 5.32. The summed E-state index contributed by atoms with van der Waals surface area (Å²) >= 11 is 1.46. The predicted octanol–water partition coefficient (Wildman–Crippen LogP) is 3.43. The smallest absolute Gasteiger partial charge is 0.341 e. The molecule has 1 aromatic rings. The second-order valence-corrected chi connectivity index (χ2v) is 11.5. The fraction of sp³-hybridized carbons (Fsp3) is 0.708. The van der Waals surface area contributed by atoms with Crippen molar-refractivity contribution in [2.24, 2.45) is 35.0 Å². The Kier molecular flexibility index (Phi) is 5.92. The van der Waals surface area contributed by atoms with E-state index in [1.165, 1.54) is 11.3 Å². The van der Waals surface area contributed by atoms with Crippen LogP contribution in [0.1, 0.15) is 74.2 Å². The highest BCUT2D eigenvalue weighted by atomic mass is 32.1. The lowest BCUT2D eigenvalue weighted by Gasteiger charge is -2.33. The molecule has 4 rings (SSSR count). The van der Waals surface area contributed by atoms with Gasteiger partial charge in [0, 0.05) is 22.7 Å². The van der Waals surface area contributed by atoms with E-state index < -0.39 is 23.8 Å². The zero-order valence-electron chi connectivity index (χ0n) is 18.8. The van der Waals surface area contributed by atoms with Gasteiger partial charge in [-0.1, -0.05) is 20.8 Å². The third-order valence-corrected chi connectivity index (χ3v) is 8.87. The molecule has 2 fully saturated rings. The van der Waals surface area contributed by atoms with E-state index >= 15 is 0 Å². The summed E-state index contributed by atoms with van der Waals surface area (Å²) in [5, 5.41) is 15.2. The lowest BCUT2D eigenvalue weighted by molar-refractivity contribution is -0.314. The van der Waals surface area contributed by atoms with Crippen LogP contribution in [0.3, 0.4) is 0 Å². The Morgan fingerprint density at radius 3 is 2.42 bits per heavy atom. The number of carbonyl (C=O) groups excluding carboxylic acids is 3. The van der Waals surface area contributed by atoms with Crippen molar-refractivity contribution in [2.45, 2.75) is 66.2 Å². The maximum atomic E-state index is 13.2. The van der Waals surface area contributed by atoms with Crippen LogP contribution in [0.2, 0.25) is 0 Å². The number of ether oxygens (including phenoxy) is 1. The molecule has 5 atom stereocenters. The number of thiophene rings is 1. The number of nitrogens with one attached hydrogen (secondary N) is 1. The SMILES string of the molecule is CCOC(=O)c1c(NC(=O)[C@H]2[C@@H]3CC[C@H](C3)[C@@H]2C(=O)[O-])sc2c1CC[C@@H](C(C)(C)C)C2. The molecule has 3 aliphatic carbocycles. The number of carboxylic acid groups (broad SMARTS) is 1. The zero-order chi connectivity index (χ0) is 22.5. The lowest BCUT2D eigenvalue weighted by Crippen LogP contribution is -2.44. The zero-order valence-corrected chi connectivity index (χ0v) is 19.6. The first-order valence-corrected chi connectivity index (χ1v) is 12.3. The maximum Gasteiger partial charge on any atom is 0.341 e. The third-order valence-electron chi connectivity index (χ3n) is 7.70. The summed E-state index contributed by atoms with van der Waals surface area (Å²) in [7, 11) is 0. The molecule has 7 heteroatoms. The Bertz CT molecular complexity index is 899. The van der Waals surface area contributed by atoms with E-state index in [-0.39, 0.29) is 29.8 Å². The largest absolute Gasteiger partial charge is 0.550 e. The van der Waals surface area contributed by atoms with E-state index in [0.29, 0.717) is 16.5 Å². The number of hydrogen-bond acceptors (Lipinski definition) is 6. The van der Waals surface area contributed by atoms with E-state index in [1.807, 2.05) is 0 Å². The molecule has 1 N–H and O–H groups in total. The molecule has 1 aromatic heterocycles. The minimum Gasteiger partial charge on any atom is -0.550 e. The molecule has 1 heterocycles. The second-order valence-electron chi connectivity index (χ2n) is 10.4. The summed E-state index contributed by atoms with van der Waals surface area (Å²) in [5.41, 5.74) is 1.62. The van der Waals surface area contributed by atoms with Crippen molar-refractivity contribution >= 4 is 34.2 Å². The van der Waals surface area contributed by atoms with Gasteiger partial charge in [-0.05, 0) is 74.2 Å². The molecule has 0 spiro atoms. The highest BCUT2D eigenvalue weighted by Crippen LogP contribution is 2.53. The topological polar surface area (TPSA) is 95.5 Å². The van der Waals surface area contributed by atoms with Crippen molar-refractivity contribution < 1.29 is 24.2 Å². The highest BCUT2D eigenvalue weighted by Gasteiger charge is 2.51. The number of rotatable bonds is 5. The Balaban J connectivity index is 1.63. The van der Waals surface area contributed by atoms with Gasteiger partial charge in [-0.25, -0.2) is 4.79 Å². The van der Waals surface area contributed by atoms with Gasteiger partial charge in [0.1, 0.15) is 5.00 Å². The number of amides is 1. The molecule has 6 nitrogen and oxygen atoms in total. The van der Waals surface area contributed by atoms with Crippen LogP contribution >= 0.6 is 11.3 Å². The minimum absolute atomic E-state index is 0.0272. The van der Waals surface area contributed by atoms with Crippen molar-refractivity contribution in [3.05, 3.63) is 16.0 Å². The van der Waals surface area contributed by atoms with E-state index in [2.05, 4.69) is 26.1 Å². The number of hydrogen-bond donors (Lipinski definition) is 1. The molecule has 170 valence electrons. The van der Waals surface area contributed by atoms with Crippen LogP contribution in [0.5, 0.6) is 0 Å². The van der Waals surface area contributed by atoms with Crippen LogP contribution < -0.4 is 10.4 Å². The van der Waals surface area contributed by atoms with Crippen LogP contribution in [0.25, 0.3) is 0 Å². The third kappa shape index (κ3) is 4.01. The van der Waals surface area contributed by atoms with Crippen molar-refractivity contribution in [1.82, 2.24) is 0 Å². The Morgan fingerprint density at radius 2 is 1.81 bits per heavy atom. The van der Waals surface area contributed by atoms with Gasteiger partial charge in [-0.3, -0.25) is 4.79 Å². The molecule has 2 bridgehead atoms. The second kappa shape index (κ2) is 8.23. The van der Waals surface area contributed by atoms with Crippen LogP contribution in [0.15, 0.2) is 0 Å². The molecule has 0 aromatic carbocycles.